The summed E-state index contributed by atoms with van der Waals surface area (Å²) in [6, 6.07) is 12.4. The molecule has 0 fully saturated rings. The number of hydrogen-bond donors (Lipinski definition) is 0. The lowest BCUT2D eigenvalue weighted by molar-refractivity contribution is 0.289. The number of ether oxygens (including phenoxy) is 1. The van der Waals surface area contributed by atoms with Crippen LogP contribution in [0, 0.1) is 17.1 Å². The number of nitriles is 1. The van der Waals surface area contributed by atoms with Crippen molar-refractivity contribution in [3.8, 4) is 11.8 Å². The van der Waals surface area contributed by atoms with E-state index in [-0.39, 0.29) is 22.4 Å². The van der Waals surface area contributed by atoms with Gasteiger partial charge in [-0.3, -0.25) is 0 Å². The van der Waals surface area contributed by atoms with Crippen LogP contribution in [0.2, 0.25) is 0 Å². The number of halogens is 3. The van der Waals surface area contributed by atoms with Gasteiger partial charge in [0.25, 0.3) is 0 Å². The predicted molar refractivity (Wildman–Crippen MR) is 77.3 cm³/mol. The molecule has 0 radical (unpaired) electrons. The molecule has 19 heavy (non-hydrogen) atoms. The van der Waals surface area contributed by atoms with Crippen LogP contribution in [0.3, 0.4) is 0 Å². The first-order valence-corrected chi connectivity index (χ1v) is 6.96. The lowest BCUT2D eigenvalue weighted by Gasteiger charge is -2.10. The van der Waals surface area contributed by atoms with Gasteiger partial charge in [0.05, 0.1) is 10.0 Å². The molecule has 0 aromatic heterocycles. The maximum atomic E-state index is 13.9. The van der Waals surface area contributed by atoms with Crippen LogP contribution in [-0.4, -0.2) is 0 Å². The number of hydrogen-bond acceptors (Lipinski definition) is 2. The van der Waals surface area contributed by atoms with E-state index in [9.17, 15) is 4.39 Å². The summed E-state index contributed by atoms with van der Waals surface area (Å²) in [4.78, 5) is 0. The summed E-state index contributed by atoms with van der Waals surface area (Å²) in [5.41, 5.74) is 1.16. The average Bonchev–Trinajstić information content (AvgIpc) is 2.42. The van der Waals surface area contributed by atoms with E-state index < -0.39 is 5.82 Å². The Morgan fingerprint density at radius 3 is 2.58 bits per heavy atom. The minimum Gasteiger partial charge on any atom is -0.486 e. The van der Waals surface area contributed by atoms with E-state index in [4.69, 9.17) is 10.00 Å². The summed E-state index contributed by atoms with van der Waals surface area (Å²) in [7, 11) is 0. The quantitative estimate of drug-likeness (QED) is 0.761. The van der Waals surface area contributed by atoms with Gasteiger partial charge in [-0.15, -0.1) is 0 Å². The van der Waals surface area contributed by atoms with Crippen LogP contribution in [-0.2, 0) is 6.61 Å². The van der Waals surface area contributed by atoms with Gasteiger partial charge in [-0.25, -0.2) is 4.39 Å². The smallest absolute Gasteiger partial charge is 0.180 e. The Bertz CT molecular complexity index is 652. The second-order valence-corrected chi connectivity index (χ2v) is 5.38. The van der Waals surface area contributed by atoms with Crippen LogP contribution in [0.1, 0.15) is 11.1 Å². The highest BCUT2D eigenvalue weighted by Gasteiger charge is 2.12. The Morgan fingerprint density at radius 1 is 1.16 bits per heavy atom. The predicted octanol–water partition coefficient (Wildman–Crippen LogP) is 4.80. The fourth-order valence-electron chi connectivity index (χ4n) is 1.50. The Hall–Kier alpha value is -1.38. The molecule has 0 atom stereocenters. The Balaban J connectivity index is 2.20. The van der Waals surface area contributed by atoms with Crippen LogP contribution in [0.25, 0.3) is 0 Å². The molecule has 0 spiro atoms. The third-order valence-electron chi connectivity index (χ3n) is 2.51. The zero-order chi connectivity index (χ0) is 13.8. The van der Waals surface area contributed by atoms with Gasteiger partial charge in [0.2, 0.25) is 0 Å². The molecule has 2 rings (SSSR count). The fraction of sp³-hybridized carbons (Fsp3) is 0.0714. The minimum absolute atomic E-state index is 0.113. The van der Waals surface area contributed by atoms with Crippen molar-refractivity contribution in [2.45, 2.75) is 6.61 Å². The molecule has 0 amide bonds. The van der Waals surface area contributed by atoms with Gasteiger partial charge in [-0.1, -0.05) is 34.1 Å². The largest absolute Gasteiger partial charge is 0.486 e. The van der Waals surface area contributed by atoms with Crippen molar-refractivity contribution in [3.05, 3.63) is 62.3 Å². The lowest BCUT2D eigenvalue weighted by atomic mass is 10.2. The third-order valence-corrected chi connectivity index (χ3v) is 4.06. The molecule has 0 aliphatic rings. The topological polar surface area (TPSA) is 33.0 Å². The van der Waals surface area contributed by atoms with Crippen LogP contribution in [0.5, 0.6) is 5.75 Å². The first-order valence-electron chi connectivity index (χ1n) is 5.37. The second-order valence-electron chi connectivity index (χ2n) is 3.73. The monoisotopic (exact) mass is 383 g/mol. The summed E-state index contributed by atoms with van der Waals surface area (Å²) in [5, 5.41) is 8.78. The van der Waals surface area contributed by atoms with Gasteiger partial charge in [0.1, 0.15) is 12.7 Å². The molecule has 0 saturated carbocycles. The van der Waals surface area contributed by atoms with Gasteiger partial charge < -0.3 is 4.74 Å². The van der Waals surface area contributed by atoms with E-state index in [2.05, 4.69) is 31.9 Å². The molecule has 0 unspecified atom stereocenters. The van der Waals surface area contributed by atoms with Gasteiger partial charge in [0, 0.05) is 10.0 Å². The van der Waals surface area contributed by atoms with Crippen molar-refractivity contribution < 1.29 is 9.13 Å². The molecule has 0 aliphatic heterocycles. The van der Waals surface area contributed by atoms with E-state index in [0.717, 1.165) is 10.0 Å². The third kappa shape index (κ3) is 3.14. The Morgan fingerprint density at radius 2 is 1.89 bits per heavy atom. The Labute approximate surface area is 127 Å². The maximum Gasteiger partial charge on any atom is 0.180 e. The summed E-state index contributed by atoms with van der Waals surface area (Å²) in [5.74, 6) is -0.451. The lowest BCUT2D eigenvalue weighted by Crippen LogP contribution is -1.99. The molecule has 0 aliphatic carbocycles. The van der Waals surface area contributed by atoms with Crippen molar-refractivity contribution in [2.24, 2.45) is 0 Å². The van der Waals surface area contributed by atoms with Crippen molar-refractivity contribution in [2.75, 3.05) is 0 Å². The van der Waals surface area contributed by atoms with E-state index in [0.29, 0.717) is 0 Å². The van der Waals surface area contributed by atoms with E-state index in [1.54, 1.807) is 0 Å². The minimum atomic E-state index is -0.564. The number of nitrogens with zero attached hydrogens (tertiary/aromatic N) is 1. The maximum absolute atomic E-state index is 13.9. The summed E-state index contributed by atoms with van der Waals surface area (Å²) in [6.07, 6.45) is 0. The molecule has 0 heterocycles. The summed E-state index contributed by atoms with van der Waals surface area (Å²) in [6.45, 7) is 0.247. The van der Waals surface area contributed by atoms with Gasteiger partial charge in [0.15, 0.2) is 11.6 Å². The van der Waals surface area contributed by atoms with Crippen molar-refractivity contribution in [3.63, 3.8) is 0 Å². The zero-order valence-corrected chi connectivity index (χ0v) is 12.8. The van der Waals surface area contributed by atoms with Crippen molar-refractivity contribution in [1.82, 2.24) is 0 Å². The molecular weight excluding hydrogens is 377 g/mol. The van der Waals surface area contributed by atoms with Crippen molar-refractivity contribution in [1.29, 1.82) is 5.26 Å². The van der Waals surface area contributed by atoms with Crippen LogP contribution in [0.4, 0.5) is 4.39 Å². The molecule has 2 aromatic rings. The SMILES string of the molecule is N#Cc1ccc(OCc2ccccc2Br)c(F)c1Br. The van der Waals surface area contributed by atoms with Crippen molar-refractivity contribution >= 4 is 31.9 Å². The highest BCUT2D eigenvalue weighted by Crippen LogP contribution is 2.29. The molecular formula is C14H8Br2FNO. The standard InChI is InChI=1S/C14H8Br2FNO/c15-11-4-2-1-3-10(11)8-19-12-6-5-9(7-18)13(16)14(12)17/h1-6H,8H2. The Kier molecular flexibility index (Phi) is 4.56. The molecule has 0 N–H and O–H groups in total. The molecule has 96 valence electrons. The highest BCUT2D eigenvalue weighted by atomic mass is 79.9. The number of benzene rings is 2. The zero-order valence-electron chi connectivity index (χ0n) is 9.66. The molecule has 0 saturated heterocycles. The van der Waals surface area contributed by atoms with Gasteiger partial charge >= 0.3 is 0 Å². The highest BCUT2D eigenvalue weighted by molar-refractivity contribution is 9.10. The second kappa shape index (κ2) is 6.18. The average molecular weight is 385 g/mol. The first-order chi connectivity index (χ1) is 9.13. The van der Waals surface area contributed by atoms with E-state index >= 15 is 0 Å². The van der Waals surface area contributed by atoms with Crippen LogP contribution in [0.15, 0.2) is 45.3 Å². The van der Waals surface area contributed by atoms with E-state index in [1.807, 2.05) is 30.3 Å². The first kappa shape index (κ1) is 14.0. The molecule has 5 heteroatoms. The molecule has 0 bridgehead atoms. The van der Waals surface area contributed by atoms with E-state index in [1.165, 1.54) is 12.1 Å². The van der Waals surface area contributed by atoms with Gasteiger partial charge in [-0.2, -0.15) is 5.26 Å². The summed E-state index contributed by atoms with van der Waals surface area (Å²) < 4.78 is 20.4. The van der Waals surface area contributed by atoms with Crippen LogP contribution < -0.4 is 4.74 Å². The van der Waals surface area contributed by atoms with Gasteiger partial charge in [-0.05, 0) is 34.1 Å². The molecule has 2 nitrogen and oxygen atoms in total. The molecule has 2 aromatic carbocycles. The van der Waals surface area contributed by atoms with Crippen LogP contribution >= 0.6 is 31.9 Å². The number of rotatable bonds is 3. The normalized spacial score (nSPS) is 10.0. The fourth-order valence-corrected chi connectivity index (χ4v) is 2.32. The summed E-state index contributed by atoms with van der Waals surface area (Å²) >= 11 is 6.44.